The standard InChI is InChI=1S/C28H24ClNO8/c1-4-36-24(32)15-37-27-25-20(31)13-21(38-22(25)14-23(34-2)26(27)35-3)16-6-5-7-17(12-16)28(33)30-19-10-8-18(29)9-11-19/h5-14H,4,15H2,1-3H3,(H,30,33). The Morgan fingerprint density at radius 3 is 2.42 bits per heavy atom. The van der Waals surface area contributed by atoms with Gasteiger partial charge in [0.1, 0.15) is 16.7 Å². The van der Waals surface area contributed by atoms with E-state index in [0.717, 1.165) is 0 Å². The van der Waals surface area contributed by atoms with E-state index in [2.05, 4.69) is 5.32 Å². The van der Waals surface area contributed by atoms with E-state index < -0.39 is 18.0 Å². The maximum Gasteiger partial charge on any atom is 0.344 e. The maximum absolute atomic E-state index is 13.3. The molecule has 0 aliphatic heterocycles. The van der Waals surface area contributed by atoms with Gasteiger partial charge in [-0.05, 0) is 43.3 Å². The van der Waals surface area contributed by atoms with Crippen molar-refractivity contribution < 1.29 is 33.0 Å². The number of hydrogen-bond acceptors (Lipinski definition) is 8. The molecule has 0 aliphatic carbocycles. The van der Waals surface area contributed by atoms with Gasteiger partial charge in [0, 0.05) is 34.0 Å². The Balaban J connectivity index is 1.73. The molecule has 38 heavy (non-hydrogen) atoms. The second-order valence-corrected chi connectivity index (χ2v) is 8.36. The number of halogens is 1. The van der Waals surface area contributed by atoms with Crippen LogP contribution >= 0.6 is 11.6 Å². The predicted octanol–water partition coefficient (Wildman–Crippen LogP) is 5.32. The number of carbonyl (C=O) groups is 2. The molecule has 0 unspecified atom stereocenters. The molecule has 9 nitrogen and oxygen atoms in total. The molecule has 0 atom stereocenters. The Morgan fingerprint density at radius 1 is 0.974 bits per heavy atom. The first-order chi connectivity index (χ1) is 18.3. The van der Waals surface area contributed by atoms with E-state index in [9.17, 15) is 14.4 Å². The summed E-state index contributed by atoms with van der Waals surface area (Å²) in [5.74, 6) is -0.391. The summed E-state index contributed by atoms with van der Waals surface area (Å²) in [6, 6.07) is 16.1. The van der Waals surface area contributed by atoms with E-state index >= 15 is 0 Å². The summed E-state index contributed by atoms with van der Waals surface area (Å²) in [6.45, 7) is 1.41. The minimum Gasteiger partial charge on any atom is -0.493 e. The minimum atomic E-state index is -0.611. The fourth-order valence-corrected chi connectivity index (χ4v) is 3.88. The number of hydrogen-bond donors (Lipinski definition) is 1. The van der Waals surface area contributed by atoms with Gasteiger partial charge in [-0.3, -0.25) is 9.59 Å². The molecule has 0 saturated heterocycles. The summed E-state index contributed by atoms with van der Waals surface area (Å²) >= 11 is 5.91. The molecular formula is C28H24ClNO8. The lowest BCUT2D eigenvalue weighted by atomic mass is 10.1. The smallest absolute Gasteiger partial charge is 0.344 e. The van der Waals surface area contributed by atoms with E-state index in [4.69, 9.17) is 35.0 Å². The van der Waals surface area contributed by atoms with Gasteiger partial charge in [0.25, 0.3) is 5.91 Å². The van der Waals surface area contributed by atoms with Crippen molar-refractivity contribution >= 4 is 40.1 Å². The average molecular weight is 538 g/mol. The zero-order chi connectivity index (χ0) is 27.2. The van der Waals surface area contributed by atoms with Gasteiger partial charge in [-0.1, -0.05) is 23.7 Å². The van der Waals surface area contributed by atoms with Crippen LogP contribution in [-0.2, 0) is 9.53 Å². The molecule has 0 aliphatic rings. The monoisotopic (exact) mass is 537 g/mol. The molecular weight excluding hydrogens is 514 g/mol. The first-order valence-corrected chi connectivity index (χ1v) is 11.9. The highest BCUT2D eigenvalue weighted by Gasteiger charge is 2.23. The van der Waals surface area contributed by atoms with Gasteiger partial charge in [0.05, 0.1) is 20.8 Å². The Hall–Kier alpha value is -4.50. The summed E-state index contributed by atoms with van der Waals surface area (Å²) in [5.41, 5.74) is 1.12. The lowest BCUT2D eigenvalue weighted by Gasteiger charge is -2.16. The number of carbonyl (C=O) groups excluding carboxylic acids is 2. The van der Waals surface area contributed by atoms with Gasteiger partial charge in [-0.15, -0.1) is 0 Å². The van der Waals surface area contributed by atoms with Crippen LogP contribution in [0.1, 0.15) is 17.3 Å². The van der Waals surface area contributed by atoms with Crippen LogP contribution in [0.4, 0.5) is 5.69 Å². The molecule has 3 aromatic carbocycles. The van der Waals surface area contributed by atoms with E-state index in [-0.39, 0.29) is 46.5 Å². The largest absolute Gasteiger partial charge is 0.493 e. The normalized spacial score (nSPS) is 10.6. The zero-order valence-electron chi connectivity index (χ0n) is 20.8. The third kappa shape index (κ3) is 5.73. The van der Waals surface area contributed by atoms with E-state index in [1.54, 1.807) is 55.5 Å². The topological polar surface area (TPSA) is 113 Å². The van der Waals surface area contributed by atoms with E-state index in [0.29, 0.717) is 21.8 Å². The molecule has 1 N–H and O–H groups in total. The van der Waals surface area contributed by atoms with Gasteiger partial charge in [0.2, 0.25) is 5.75 Å². The average Bonchev–Trinajstić information content (AvgIpc) is 2.92. The highest BCUT2D eigenvalue weighted by molar-refractivity contribution is 6.30. The molecule has 1 aromatic heterocycles. The molecule has 0 fully saturated rings. The number of amides is 1. The molecule has 0 saturated carbocycles. The number of fused-ring (bicyclic) bond motifs is 1. The fourth-order valence-electron chi connectivity index (χ4n) is 3.76. The first kappa shape index (κ1) is 26.6. The van der Waals surface area contributed by atoms with Gasteiger partial charge < -0.3 is 28.7 Å². The Kier molecular flexibility index (Phi) is 8.18. The van der Waals surface area contributed by atoms with Crippen LogP contribution in [0.5, 0.6) is 17.2 Å². The van der Waals surface area contributed by atoms with E-state index in [1.807, 2.05) is 0 Å². The Labute approximate surface area is 222 Å². The van der Waals surface area contributed by atoms with Crippen molar-refractivity contribution in [1.82, 2.24) is 0 Å². The van der Waals surface area contributed by atoms with Crippen LogP contribution in [0, 0.1) is 0 Å². The zero-order valence-corrected chi connectivity index (χ0v) is 21.6. The Bertz CT molecular complexity index is 1550. The number of methoxy groups -OCH3 is 2. The van der Waals surface area contributed by atoms with Gasteiger partial charge >= 0.3 is 5.97 Å². The number of nitrogens with one attached hydrogen (secondary N) is 1. The summed E-state index contributed by atoms with van der Waals surface area (Å²) in [4.78, 5) is 38.0. The van der Waals surface area contributed by atoms with E-state index in [1.165, 1.54) is 26.4 Å². The SMILES string of the molecule is CCOC(=O)COc1c(OC)c(OC)cc2oc(-c3cccc(C(=O)Nc4ccc(Cl)cc4)c3)cc(=O)c12. The van der Waals surface area contributed by atoms with Crippen molar-refractivity contribution in [1.29, 1.82) is 0 Å². The highest BCUT2D eigenvalue weighted by atomic mass is 35.5. The second-order valence-electron chi connectivity index (χ2n) is 7.92. The summed E-state index contributed by atoms with van der Waals surface area (Å²) < 4.78 is 27.4. The van der Waals surface area contributed by atoms with Crippen LogP contribution in [0.3, 0.4) is 0 Å². The van der Waals surface area contributed by atoms with Crippen molar-refractivity contribution in [3.05, 3.63) is 81.5 Å². The van der Waals surface area contributed by atoms with Gasteiger partial charge in [-0.25, -0.2) is 4.79 Å². The van der Waals surface area contributed by atoms with Crippen LogP contribution in [0.2, 0.25) is 5.02 Å². The fraction of sp³-hybridized carbons (Fsp3) is 0.179. The lowest BCUT2D eigenvalue weighted by molar-refractivity contribution is -0.145. The summed E-state index contributed by atoms with van der Waals surface area (Å²) in [7, 11) is 2.81. The minimum absolute atomic E-state index is 0.00806. The van der Waals surface area contributed by atoms with Crippen LogP contribution < -0.4 is 25.0 Å². The second kappa shape index (κ2) is 11.7. The maximum atomic E-state index is 13.3. The van der Waals surface area contributed by atoms with Crippen LogP contribution in [0.25, 0.3) is 22.3 Å². The molecule has 196 valence electrons. The first-order valence-electron chi connectivity index (χ1n) is 11.5. The Morgan fingerprint density at radius 2 is 1.74 bits per heavy atom. The molecule has 0 spiro atoms. The number of rotatable bonds is 9. The number of esters is 1. The van der Waals surface area contributed by atoms with Crippen molar-refractivity contribution in [2.24, 2.45) is 0 Å². The lowest BCUT2D eigenvalue weighted by Crippen LogP contribution is -2.16. The third-order valence-corrected chi connectivity index (χ3v) is 5.72. The van der Waals surface area contributed by atoms with Crippen molar-refractivity contribution in [3.63, 3.8) is 0 Å². The van der Waals surface area contributed by atoms with Crippen molar-refractivity contribution in [2.45, 2.75) is 6.92 Å². The molecule has 0 radical (unpaired) electrons. The predicted molar refractivity (Wildman–Crippen MR) is 143 cm³/mol. The van der Waals surface area contributed by atoms with Crippen molar-refractivity contribution in [3.8, 4) is 28.6 Å². The number of anilines is 1. The molecule has 10 heteroatoms. The molecule has 4 rings (SSSR count). The molecule has 0 bridgehead atoms. The molecule has 4 aromatic rings. The van der Waals surface area contributed by atoms with Gasteiger partial charge in [0.15, 0.2) is 23.5 Å². The van der Waals surface area contributed by atoms with Crippen LogP contribution in [-0.4, -0.2) is 39.3 Å². The summed E-state index contributed by atoms with van der Waals surface area (Å²) in [5, 5.41) is 3.42. The van der Waals surface area contributed by atoms with Gasteiger partial charge in [-0.2, -0.15) is 0 Å². The molecule has 1 amide bonds. The highest BCUT2D eigenvalue weighted by Crippen LogP contribution is 2.43. The number of benzene rings is 3. The van der Waals surface area contributed by atoms with Crippen LogP contribution in [0.15, 0.2) is 69.9 Å². The third-order valence-electron chi connectivity index (χ3n) is 5.47. The molecule has 1 heterocycles. The number of ether oxygens (including phenoxy) is 4. The quantitative estimate of drug-likeness (QED) is 0.285. The van der Waals surface area contributed by atoms with Crippen molar-refractivity contribution in [2.75, 3.05) is 32.8 Å². The summed E-state index contributed by atoms with van der Waals surface area (Å²) in [6.07, 6.45) is 0.